The fourth-order valence-corrected chi connectivity index (χ4v) is 2.41. The Morgan fingerprint density at radius 2 is 1.95 bits per heavy atom. The van der Waals surface area contributed by atoms with Gasteiger partial charge in [0.15, 0.2) is 0 Å². The van der Waals surface area contributed by atoms with Crippen LogP contribution >= 0.6 is 11.6 Å². The molecule has 0 aliphatic carbocycles. The standard InChI is InChI=1S/C15H10ClN3/c1-19-13-8-4-5-10(9-17)14(13)18-15(19)11-6-2-3-7-12(11)16/h2-8H,1H3. The molecule has 4 heteroatoms. The van der Waals surface area contributed by atoms with Crippen molar-refractivity contribution in [2.45, 2.75) is 0 Å². The average molecular weight is 268 g/mol. The van der Waals surface area contributed by atoms with Gasteiger partial charge in [0.05, 0.1) is 16.1 Å². The summed E-state index contributed by atoms with van der Waals surface area (Å²) in [5, 5.41) is 9.79. The number of aryl methyl sites for hydroxylation is 1. The molecular formula is C15H10ClN3. The Kier molecular flexibility index (Phi) is 2.73. The number of nitriles is 1. The van der Waals surface area contributed by atoms with Crippen molar-refractivity contribution >= 4 is 22.6 Å². The summed E-state index contributed by atoms with van der Waals surface area (Å²) in [4.78, 5) is 4.57. The second kappa shape index (κ2) is 4.42. The highest BCUT2D eigenvalue weighted by molar-refractivity contribution is 6.33. The van der Waals surface area contributed by atoms with E-state index in [9.17, 15) is 0 Å². The molecule has 0 saturated carbocycles. The van der Waals surface area contributed by atoms with Gasteiger partial charge in [-0.1, -0.05) is 29.8 Å². The van der Waals surface area contributed by atoms with Crippen LogP contribution in [0.4, 0.5) is 0 Å². The molecule has 19 heavy (non-hydrogen) atoms. The van der Waals surface area contributed by atoms with Crippen molar-refractivity contribution in [2.24, 2.45) is 7.05 Å². The lowest BCUT2D eigenvalue weighted by atomic mass is 10.2. The number of imidazole rings is 1. The highest BCUT2D eigenvalue weighted by atomic mass is 35.5. The summed E-state index contributed by atoms with van der Waals surface area (Å²) in [7, 11) is 1.93. The van der Waals surface area contributed by atoms with E-state index < -0.39 is 0 Å². The number of rotatable bonds is 1. The highest BCUT2D eigenvalue weighted by Gasteiger charge is 2.14. The van der Waals surface area contributed by atoms with Gasteiger partial charge in [0.2, 0.25) is 0 Å². The topological polar surface area (TPSA) is 41.6 Å². The van der Waals surface area contributed by atoms with Crippen molar-refractivity contribution < 1.29 is 0 Å². The second-order valence-corrected chi connectivity index (χ2v) is 4.67. The predicted octanol–water partition coefficient (Wildman–Crippen LogP) is 3.77. The maximum Gasteiger partial charge on any atom is 0.142 e. The Bertz CT molecular complexity index is 812. The number of hydrogen-bond acceptors (Lipinski definition) is 2. The molecule has 3 rings (SSSR count). The number of benzene rings is 2. The van der Waals surface area contributed by atoms with Crippen molar-refractivity contribution in [3.63, 3.8) is 0 Å². The van der Waals surface area contributed by atoms with Crippen LogP contribution in [0.15, 0.2) is 42.5 Å². The van der Waals surface area contributed by atoms with Gasteiger partial charge in [-0.15, -0.1) is 0 Å². The van der Waals surface area contributed by atoms with Gasteiger partial charge in [-0.2, -0.15) is 5.26 Å². The van der Waals surface area contributed by atoms with Gasteiger partial charge in [-0.05, 0) is 24.3 Å². The maximum atomic E-state index is 9.14. The van der Waals surface area contributed by atoms with E-state index in [0.717, 1.165) is 16.9 Å². The molecule has 0 fully saturated rings. The average Bonchev–Trinajstić information content (AvgIpc) is 2.77. The van der Waals surface area contributed by atoms with E-state index in [2.05, 4.69) is 11.1 Å². The van der Waals surface area contributed by atoms with Crippen molar-refractivity contribution in [2.75, 3.05) is 0 Å². The van der Waals surface area contributed by atoms with Crippen LogP contribution in [-0.4, -0.2) is 9.55 Å². The molecule has 0 aliphatic rings. The first-order chi connectivity index (χ1) is 9.22. The molecule has 0 unspecified atom stereocenters. The number of aromatic nitrogens is 2. The quantitative estimate of drug-likeness (QED) is 0.673. The third-order valence-electron chi connectivity index (χ3n) is 3.15. The molecule has 0 bridgehead atoms. The molecular weight excluding hydrogens is 258 g/mol. The molecule has 0 spiro atoms. The van der Waals surface area contributed by atoms with Gasteiger partial charge >= 0.3 is 0 Å². The minimum atomic E-state index is 0.575. The van der Waals surface area contributed by atoms with E-state index in [0.29, 0.717) is 16.1 Å². The Morgan fingerprint density at radius 1 is 1.16 bits per heavy atom. The van der Waals surface area contributed by atoms with Crippen LogP contribution in [0.1, 0.15) is 5.56 Å². The van der Waals surface area contributed by atoms with Crippen LogP contribution in [0.25, 0.3) is 22.4 Å². The summed E-state index contributed by atoms with van der Waals surface area (Å²) in [6.45, 7) is 0. The van der Waals surface area contributed by atoms with E-state index in [-0.39, 0.29) is 0 Å². The molecule has 0 aliphatic heterocycles. The number of para-hydroxylation sites is 1. The number of nitrogens with zero attached hydrogens (tertiary/aromatic N) is 3. The molecule has 1 aromatic heterocycles. The normalized spacial score (nSPS) is 10.6. The van der Waals surface area contributed by atoms with Crippen LogP contribution in [-0.2, 0) is 7.05 Å². The predicted molar refractivity (Wildman–Crippen MR) is 75.9 cm³/mol. The van der Waals surface area contributed by atoms with Crippen LogP contribution in [0.3, 0.4) is 0 Å². The third-order valence-corrected chi connectivity index (χ3v) is 3.48. The third kappa shape index (κ3) is 1.78. The first-order valence-electron chi connectivity index (χ1n) is 5.83. The van der Waals surface area contributed by atoms with E-state index in [1.54, 1.807) is 6.07 Å². The van der Waals surface area contributed by atoms with Gasteiger partial charge in [0, 0.05) is 12.6 Å². The molecule has 3 nitrogen and oxygen atoms in total. The molecule has 0 radical (unpaired) electrons. The van der Waals surface area contributed by atoms with Crippen LogP contribution < -0.4 is 0 Å². The molecule has 1 heterocycles. The largest absolute Gasteiger partial charge is 0.327 e. The molecule has 0 saturated heterocycles. The van der Waals surface area contributed by atoms with Gasteiger partial charge < -0.3 is 4.57 Å². The lowest BCUT2D eigenvalue weighted by Crippen LogP contribution is -1.92. The molecule has 0 atom stereocenters. The zero-order chi connectivity index (χ0) is 13.4. The fraction of sp³-hybridized carbons (Fsp3) is 0.0667. The Morgan fingerprint density at radius 3 is 2.68 bits per heavy atom. The molecule has 3 aromatic rings. The number of fused-ring (bicyclic) bond motifs is 1. The zero-order valence-electron chi connectivity index (χ0n) is 10.3. The van der Waals surface area contributed by atoms with Crippen molar-refractivity contribution in [3.05, 3.63) is 53.1 Å². The van der Waals surface area contributed by atoms with E-state index in [1.807, 2.05) is 48.0 Å². The van der Waals surface area contributed by atoms with Crippen LogP contribution in [0.2, 0.25) is 5.02 Å². The second-order valence-electron chi connectivity index (χ2n) is 4.26. The summed E-state index contributed by atoms with van der Waals surface area (Å²) < 4.78 is 1.96. The smallest absolute Gasteiger partial charge is 0.142 e. The first kappa shape index (κ1) is 11.8. The minimum Gasteiger partial charge on any atom is -0.327 e. The SMILES string of the molecule is Cn1c(-c2ccccc2Cl)nc2c(C#N)cccc21. The molecule has 92 valence electrons. The highest BCUT2D eigenvalue weighted by Crippen LogP contribution is 2.30. The monoisotopic (exact) mass is 267 g/mol. The van der Waals surface area contributed by atoms with Gasteiger partial charge in [-0.25, -0.2) is 4.98 Å². The van der Waals surface area contributed by atoms with Crippen molar-refractivity contribution in [1.29, 1.82) is 5.26 Å². The maximum absolute atomic E-state index is 9.14. The zero-order valence-corrected chi connectivity index (χ0v) is 11.0. The number of hydrogen-bond donors (Lipinski definition) is 0. The summed E-state index contributed by atoms with van der Waals surface area (Å²) in [5.74, 6) is 0.767. The Hall–Kier alpha value is -2.31. The summed E-state index contributed by atoms with van der Waals surface area (Å²) in [5.41, 5.74) is 3.08. The summed E-state index contributed by atoms with van der Waals surface area (Å²) >= 11 is 6.21. The molecule has 2 aromatic carbocycles. The van der Waals surface area contributed by atoms with Crippen molar-refractivity contribution in [1.82, 2.24) is 9.55 Å². The van der Waals surface area contributed by atoms with Crippen molar-refractivity contribution in [3.8, 4) is 17.5 Å². The van der Waals surface area contributed by atoms with Crippen LogP contribution in [0.5, 0.6) is 0 Å². The van der Waals surface area contributed by atoms with E-state index in [1.165, 1.54) is 0 Å². The Balaban J connectivity index is 2.36. The molecule has 0 amide bonds. The summed E-state index contributed by atoms with van der Waals surface area (Å²) in [6, 6.07) is 15.3. The fourth-order valence-electron chi connectivity index (χ4n) is 2.19. The Labute approximate surface area is 115 Å². The molecule has 0 N–H and O–H groups in total. The summed E-state index contributed by atoms with van der Waals surface area (Å²) in [6.07, 6.45) is 0. The van der Waals surface area contributed by atoms with E-state index in [4.69, 9.17) is 16.9 Å². The lowest BCUT2D eigenvalue weighted by molar-refractivity contribution is 0.959. The number of halogens is 1. The van der Waals surface area contributed by atoms with Gasteiger partial charge in [0.1, 0.15) is 17.4 Å². The van der Waals surface area contributed by atoms with E-state index >= 15 is 0 Å². The van der Waals surface area contributed by atoms with Gasteiger partial charge in [0.25, 0.3) is 0 Å². The van der Waals surface area contributed by atoms with Crippen LogP contribution in [0, 0.1) is 11.3 Å². The van der Waals surface area contributed by atoms with Gasteiger partial charge in [-0.3, -0.25) is 0 Å². The first-order valence-corrected chi connectivity index (χ1v) is 6.20. The lowest BCUT2D eigenvalue weighted by Gasteiger charge is -2.04. The minimum absolute atomic E-state index is 0.575.